The molecular formula is C26H34N8O2. The minimum atomic E-state index is 0.0183. The smallest absolute Gasteiger partial charge is 0.224 e. The number of rotatable bonds is 4. The summed E-state index contributed by atoms with van der Waals surface area (Å²) in [7, 11) is 1.67. The first-order chi connectivity index (χ1) is 17.5. The number of nitrogens with one attached hydrogen (secondary N) is 2. The van der Waals surface area contributed by atoms with Gasteiger partial charge in [0.2, 0.25) is 5.91 Å². The normalized spacial score (nSPS) is 23.3. The standard InChI is InChI=1S/C26H34N8O2/c1-16-23(27)26(15-36-16)8-11-33(12-9-26)20-14-29-22-24(30-20)31-32-25(22)34-10-4-6-18-17(13-21(35)28-2)5-3-7-19(18)34/h3,5,7,14,16,23H,4,6,8-13,15,27H2,1-2H3,(H,28,35)(H,30,31,32)/t16-,23+/m0/s1. The van der Waals surface area contributed by atoms with Crippen molar-refractivity contribution in [3.63, 3.8) is 0 Å². The van der Waals surface area contributed by atoms with Crippen LogP contribution in [-0.2, 0) is 22.4 Å². The highest BCUT2D eigenvalue weighted by atomic mass is 16.5. The third-order valence-electron chi connectivity index (χ3n) is 8.40. The van der Waals surface area contributed by atoms with Crippen LogP contribution in [0.4, 0.5) is 17.3 Å². The number of nitrogens with two attached hydrogens (primary N) is 1. The molecule has 6 rings (SSSR count). The van der Waals surface area contributed by atoms with Gasteiger partial charge in [-0.15, -0.1) is 0 Å². The summed E-state index contributed by atoms with van der Waals surface area (Å²) in [5.74, 6) is 1.66. The van der Waals surface area contributed by atoms with Crippen LogP contribution < -0.4 is 20.9 Å². The Morgan fingerprint density at radius 3 is 2.89 bits per heavy atom. The number of anilines is 3. The number of aromatic amines is 1. The van der Waals surface area contributed by atoms with Crippen molar-refractivity contribution in [3.05, 3.63) is 35.5 Å². The largest absolute Gasteiger partial charge is 0.376 e. The van der Waals surface area contributed by atoms with Crippen LogP contribution in [0.3, 0.4) is 0 Å². The molecule has 2 aromatic heterocycles. The van der Waals surface area contributed by atoms with Gasteiger partial charge in [0.1, 0.15) is 5.82 Å². The summed E-state index contributed by atoms with van der Waals surface area (Å²) in [4.78, 5) is 26.2. The van der Waals surface area contributed by atoms with Gasteiger partial charge in [-0.3, -0.25) is 9.89 Å². The molecule has 5 heterocycles. The van der Waals surface area contributed by atoms with E-state index < -0.39 is 0 Å². The van der Waals surface area contributed by atoms with Gasteiger partial charge in [-0.25, -0.2) is 9.97 Å². The lowest BCUT2D eigenvalue weighted by Crippen LogP contribution is -2.50. The van der Waals surface area contributed by atoms with E-state index in [9.17, 15) is 4.79 Å². The molecule has 36 heavy (non-hydrogen) atoms. The summed E-state index contributed by atoms with van der Waals surface area (Å²) in [5.41, 5.74) is 11.4. The molecule has 1 amide bonds. The van der Waals surface area contributed by atoms with Crippen molar-refractivity contribution < 1.29 is 9.53 Å². The maximum atomic E-state index is 12.0. The molecule has 2 fully saturated rings. The number of carbonyl (C=O) groups is 1. The van der Waals surface area contributed by atoms with E-state index in [1.54, 1.807) is 7.05 Å². The van der Waals surface area contributed by atoms with Gasteiger partial charge in [0.25, 0.3) is 0 Å². The molecule has 3 aliphatic rings. The molecule has 0 aliphatic carbocycles. The number of piperidine rings is 1. The number of nitrogens with zero attached hydrogens (tertiary/aromatic N) is 5. The van der Waals surface area contributed by atoms with E-state index in [1.807, 2.05) is 18.3 Å². The highest BCUT2D eigenvalue weighted by Crippen LogP contribution is 2.42. The number of H-pyrrole nitrogens is 1. The second-order valence-corrected chi connectivity index (χ2v) is 10.4. The molecule has 0 saturated carbocycles. The Morgan fingerprint density at radius 1 is 1.31 bits per heavy atom. The van der Waals surface area contributed by atoms with Gasteiger partial charge in [0.05, 0.1) is 25.3 Å². The lowest BCUT2D eigenvalue weighted by molar-refractivity contribution is -0.119. The van der Waals surface area contributed by atoms with Gasteiger partial charge < -0.3 is 25.6 Å². The molecule has 4 N–H and O–H groups in total. The van der Waals surface area contributed by atoms with Crippen molar-refractivity contribution >= 4 is 34.4 Å². The van der Waals surface area contributed by atoms with E-state index in [2.05, 4.69) is 38.3 Å². The molecule has 3 aromatic rings. The second kappa shape index (κ2) is 9.01. The Kier molecular flexibility index (Phi) is 5.80. The van der Waals surface area contributed by atoms with Crippen LogP contribution in [-0.4, -0.2) is 71.5 Å². The van der Waals surface area contributed by atoms with E-state index >= 15 is 0 Å². The molecule has 2 saturated heterocycles. The lowest BCUT2D eigenvalue weighted by Gasteiger charge is -2.41. The van der Waals surface area contributed by atoms with Crippen LogP contribution in [0.15, 0.2) is 24.4 Å². The van der Waals surface area contributed by atoms with Gasteiger partial charge in [-0.05, 0) is 49.8 Å². The average Bonchev–Trinajstić information content (AvgIpc) is 3.45. The van der Waals surface area contributed by atoms with Gasteiger partial charge in [-0.2, -0.15) is 5.10 Å². The van der Waals surface area contributed by atoms with Crippen molar-refractivity contribution in [3.8, 4) is 0 Å². The number of likely N-dealkylation sites (N-methyl/N-ethyl adjacent to an activating group) is 1. The summed E-state index contributed by atoms with van der Waals surface area (Å²) in [6.07, 6.45) is 6.28. The maximum absolute atomic E-state index is 12.0. The van der Waals surface area contributed by atoms with Crippen LogP contribution in [0.5, 0.6) is 0 Å². The molecule has 190 valence electrons. The van der Waals surface area contributed by atoms with Crippen LogP contribution in [0.1, 0.15) is 37.3 Å². The zero-order valence-corrected chi connectivity index (χ0v) is 21.0. The fourth-order valence-electron chi connectivity index (χ4n) is 6.12. The quantitative estimate of drug-likeness (QED) is 0.508. The highest BCUT2D eigenvalue weighted by molar-refractivity contribution is 5.88. The first-order valence-corrected chi connectivity index (χ1v) is 12.9. The molecule has 10 heteroatoms. The third-order valence-corrected chi connectivity index (χ3v) is 8.40. The molecule has 0 bridgehead atoms. The summed E-state index contributed by atoms with van der Waals surface area (Å²) in [6.45, 7) is 5.44. The molecule has 10 nitrogen and oxygen atoms in total. The van der Waals surface area contributed by atoms with E-state index in [1.165, 1.54) is 5.56 Å². The zero-order chi connectivity index (χ0) is 24.9. The molecule has 1 spiro atoms. The number of hydrogen-bond acceptors (Lipinski definition) is 8. The molecule has 0 radical (unpaired) electrons. The van der Waals surface area contributed by atoms with Gasteiger partial charge in [0.15, 0.2) is 17.0 Å². The predicted molar refractivity (Wildman–Crippen MR) is 138 cm³/mol. The van der Waals surface area contributed by atoms with Crippen molar-refractivity contribution in [2.45, 2.75) is 51.2 Å². The minimum Gasteiger partial charge on any atom is -0.376 e. The Hall–Kier alpha value is -3.24. The number of amides is 1. The first-order valence-electron chi connectivity index (χ1n) is 12.9. The van der Waals surface area contributed by atoms with Crippen molar-refractivity contribution in [2.24, 2.45) is 11.1 Å². The monoisotopic (exact) mass is 490 g/mol. The van der Waals surface area contributed by atoms with E-state index in [0.717, 1.165) is 80.3 Å². The highest BCUT2D eigenvalue weighted by Gasteiger charge is 2.47. The van der Waals surface area contributed by atoms with E-state index in [0.29, 0.717) is 12.1 Å². The van der Waals surface area contributed by atoms with E-state index in [4.69, 9.17) is 20.4 Å². The first kappa shape index (κ1) is 23.2. The van der Waals surface area contributed by atoms with Crippen molar-refractivity contribution in [1.29, 1.82) is 0 Å². The molecule has 3 aliphatic heterocycles. The molecular weight excluding hydrogens is 456 g/mol. The minimum absolute atomic E-state index is 0.0183. The maximum Gasteiger partial charge on any atom is 0.224 e. The number of hydrogen-bond donors (Lipinski definition) is 3. The summed E-state index contributed by atoms with van der Waals surface area (Å²) < 4.78 is 5.87. The molecule has 2 atom stereocenters. The Labute approximate surface area is 210 Å². The molecule has 0 unspecified atom stereocenters. The fraction of sp³-hybridized carbons (Fsp3) is 0.538. The van der Waals surface area contributed by atoms with Crippen molar-refractivity contribution in [1.82, 2.24) is 25.5 Å². The van der Waals surface area contributed by atoms with Gasteiger partial charge >= 0.3 is 0 Å². The van der Waals surface area contributed by atoms with E-state index in [-0.39, 0.29) is 23.5 Å². The lowest BCUT2D eigenvalue weighted by atomic mass is 9.73. The third kappa shape index (κ3) is 3.79. The summed E-state index contributed by atoms with van der Waals surface area (Å²) in [6, 6.07) is 6.25. The SMILES string of the molecule is CNC(=O)Cc1cccc2c1CCCN2c1n[nH]c2nc(N3CCC4(CC3)CO[C@@H](C)[C@H]4N)cnc12. The Bertz CT molecular complexity index is 1280. The summed E-state index contributed by atoms with van der Waals surface area (Å²) in [5, 5.41) is 10.5. The number of ether oxygens (including phenoxy) is 1. The predicted octanol–water partition coefficient (Wildman–Crippen LogP) is 2.06. The number of aromatic nitrogens is 4. The van der Waals surface area contributed by atoms with Crippen LogP contribution in [0.25, 0.3) is 11.2 Å². The fourth-order valence-corrected chi connectivity index (χ4v) is 6.12. The van der Waals surface area contributed by atoms with Crippen LogP contribution in [0, 0.1) is 5.41 Å². The van der Waals surface area contributed by atoms with Gasteiger partial charge in [0, 0.05) is 43.8 Å². The second-order valence-electron chi connectivity index (χ2n) is 10.4. The summed E-state index contributed by atoms with van der Waals surface area (Å²) >= 11 is 0. The van der Waals surface area contributed by atoms with Crippen LogP contribution >= 0.6 is 0 Å². The molecule has 1 aromatic carbocycles. The average molecular weight is 491 g/mol. The number of carbonyl (C=O) groups excluding carboxylic acids is 1. The number of benzene rings is 1. The zero-order valence-electron chi connectivity index (χ0n) is 21.0. The van der Waals surface area contributed by atoms with Gasteiger partial charge in [-0.1, -0.05) is 12.1 Å². The number of fused-ring (bicyclic) bond motifs is 2. The Morgan fingerprint density at radius 2 is 2.14 bits per heavy atom. The van der Waals surface area contributed by atoms with Crippen molar-refractivity contribution in [2.75, 3.05) is 43.1 Å². The topological polar surface area (TPSA) is 125 Å². The van der Waals surface area contributed by atoms with Crippen LogP contribution in [0.2, 0.25) is 0 Å². The Balaban J connectivity index is 1.24.